The normalized spacial score (nSPS) is 18.8. The van der Waals surface area contributed by atoms with Gasteiger partial charge in [0.2, 0.25) is 0 Å². The Balaban J connectivity index is 1.95. The lowest BCUT2D eigenvalue weighted by atomic mass is 9.97. The Labute approximate surface area is 177 Å². The highest BCUT2D eigenvalue weighted by atomic mass is 32.2. The second-order valence-electron chi connectivity index (χ2n) is 8.61. The molecular formula is C22H38N4O2S. The minimum Gasteiger partial charge on any atom is -0.357 e. The number of nitrogens with one attached hydrogen (secondary N) is 2. The molecule has 1 fully saturated rings. The Bertz CT molecular complexity index is 790. The predicted molar refractivity (Wildman–Crippen MR) is 121 cm³/mol. The number of rotatable bonds is 8. The van der Waals surface area contributed by atoms with Crippen LogP contribution in [0.4, 0.5) is 0 Å². The molecule has 1 aromatic carbocycles. The summed E-state index contributed by atoms with van der Waals surface area (Å²) in [4.78, 5) is 7.67. The van der Waals surface area contributed by atoms with Crippen LogP contribution in [0.25, 0.3) is 0 Å². The van der Waals surface area contributed by atoms with Crippen molar-refractivity contribution in [1.29, 1.82) is 0 Å². The largest absolute Gasteiger partial charge is 0.357 e. The van der Waals surface area contributed by atoms with E-state index in [4.69, 9.17) is 4.99 Å². The van der Waals surface area contributed by atoms with E-state index in [0.29, 0.717) is 23.3 Å². The molecule has 164 valence electrons. The van der Waals surface area contributed by atoms with Gasteiger partial charge in [0, 0.05) is 32.4 Å². The summed E-state index contributed by atoms with van der Waals surface area (Å²) in [6.07, 6.45) is 3.76. The van der Waals surface area contributed by atoms with E-state index in [1.807, 2.05) is 19.1 Å². The number of piperidine rings is 1. The van der Waals surface area contributed by atoms with E-state index in [0.717, 1.165) is 36.7 Å². The summed E-state index contributed by atoms with van der Waals surface area (Å²) in [5, 5.41) is 6.82. The minimum absolute atomic E-state index is 0.388. The molecule has 0 aromatic heterocycles. The first-order valence-electron chi connectivity index (χ1n) is 10.7. The number of sulfone groups is 1. The fourth-order valence-electron chi connectivity index (χ4n) is 3.98. The summed E-state index contributed by atoms with van der Waals surface area (Å²) in [6.45, 7) is 14.2. The quantitative estimate of drug-likeness (QED) is 0.498. The standard InChI is InChI=1S/C22H38N4O2S/c1-6-23-22(25-14-20-8-7-11-26(16-20)15-17(2)3)24-13-19-9-10-21(18(4)12-19)29(5,27)28/h9-10,12,17,20H,6-8,11,13-16H2,1-5H3,(H2,23,24,25). The van der Waals surface area contributed by atoms with Gasteiger partial charge < -0.3 is 15.5 Å². The number of guanidine groups is 1. The van der Waals surface area contributed by atoms with Crippen molar-refractivity contribution < 1.29 is 8.42 Å². The predicted octanol–water partition coefficient (Wildman–Crippen LogP) is 2.82. The van der Waals surface area contributed by atoms with Gasteiger partial charge in [-0.3, -0.25) is 0 Å². The number of hydrogen-bond donors (Lipinski definition) is 2. The zero-order chi connectivity index (χ0) is 21.4. The van der Waals surface area contributed by atoms with Crippen LogP contribution in [0.5, 0.6) is 0 Å². The summed E-state index contributed by atoms with van der Waals surface area (Å²) in [5.41, 5.74) is 1.78. The topological polar surface area (TPSA) is 73.8 Å². The number of nitrogens with zero attached hydrogens (tertiary/aromatic N) is 2. The lowest BCUT2D eigenvalue weighted by molar-refractivity contribution is 0.159. The molecule has 1 saturated heterocycles. The van der Waals surface area contributed by atoms with Crippen LogP contribution in [0.3, 0.4) is 0 Å². The van der Waals surface area contributed by atoms with Crippen LogP contribution >= 0.6 is 0 Å². The summed E-state index contributed by atoms with van der Waals surface area (Å²) >= 11 is 0. The fourth-order valence-corrected chi connectivity index (χ4v) is 4.94. The van der Waals surface area contributed by atoms with Crippen LogP contribution < -0.4 is 10.6 Å². The number of likely N-dealkylation sites (tertiary alicyclic amines) is 1. The first-order chi connectivity index (χ1) is 13.7. The smallest absolute Gasteiger partial charge is 0.191 e. The molecule has 29 heavy (non-hydrogen) atoms. The van der Waals surface area contributed by atoms with E-state index in [1.54, 1.807) is 6.07 Å². The van der Waals surface area contributed by atoms with Gasteiger partial charge in [-0.05, 0) is 62.3 Å². The first-order valence-corrected chi connectivity index (χ1v) is 12.6. The Morgan fingerprint density at radius 1 is 1.31 bits per heavy atom. The fraction of sp³-hybridized carbons (Fsp3) is 0.682. The molecular weight excluding hydrogens is 384 g/mol. The summed E-state index contributed by atoms with van der Waals surface area (Å²) in [5.74, 6) is 2.17. The van der Waals surface area contributed by atoms with Gasteiger partial charge in [0.25, 0.3) is 0 Å². The molecule has 1 aliphatic rings. The van der Waals surface area contributed by atoms with Crippen molar-refractivity contribution in [2.24, 2.45) is 16.8 Å². The lowest BCUT2D eigenvalue weighted by Gasteiger charge is -2.34. The van der Waals surface area contributed by atoms with Crippen LogP contribution in [0.15, 0.2) is 28.1 Å². The first kappa shape index (κ1) is 23.7. The van der Waals surface area contributed by atoms with Gasteiger partial charge in [-0.15, -0.1) is 0 Å². The highest BCUT2D eigenvalue weighted by Crippen LogP contribution is 2.18. The zero-order valence-corrected chi connectivity index (χ0v) is 19.5. The second-order valence-corrected chi connectivity index (χ2v) is 10.6. The lowest BCUT2D eigenvalue weighted by Crippen LogP contribution is -2.45. The van der Waals surface area contributed by atoms with Crippen molar-refractivity contribution in [3.63, 3.8) is 0 Å². The van der Waals surface area contributed by atoms with Gasteiger partial charge in [-0.1, -0.05) is 26.0 Å². The summed E-state index contributed by atoms with van der Waals surface area (Å²) in [7, 11) is -3.19. The van der Waals surface area contributed by atoms with Crippen LogP contribution in [0.2, 0.25) is 0 Å². The van der Waals surface area contributed by atoms with Crippen LogP contribution in [0, 0.1) is 18.8 Å². The monoisotopic (exact) mass is 422 g/mol. The van der Waals surface area contributed by atoms with Crippen LogP contribution in [-0.2, 0) is 16.4 Å². The van der Waals surface area contributed by atoms with E-state index in [9.17, 15) is 8.42 Å². The highest BCUT2D eigenvalue weighted by Gasteiger charge is 2.20. The molecule has 2 N–H and O–H groups in total. The van der Waals surface area contributed by atoms with Crippen LogP contribution in [0.1, 0.15) is 44.7 Å². The SMILES string of the molecule is CCNC(=NCc1ccc(S(C)(=O)=O)c(C)c1)NCC1CCCN(CC(C)C)C1. The van der Waals surface area contributed by atoms with Gasteiger partial charge >= 0.3 is 0 Å². The number of hydrogen-bond acceptors (Lipinski definition) is 4. The molecule has 0 bridgehead atoms. The average molecular weight is 423 g/mol. The van der Waals surface area contributed by atoms with Crippen molar-refractivity contribution in [2.75, 3.05) is 39.0 Å². The minimum atomic E-state index is -3.19. The molecule has 0 saturated carbocycles. The Morgan fingerprint density at radius 3 is 2.69 bits per heavy atom. The number of aliphatic imine (C=N–C) groups is 1. The molecule has 1 heterocycles. The van der Waals surface area contributed by atoms with Crippen LogP contribution in [-0.4, -0.2) is 58.3 Å². The van der Waals surface area contributed by atoms with E-state index in [-0.39, 0.29) is 0 Å². The van der Waals surface area contributed by atoms with Crippen molar-refractivity contribution in [3.8, 4) is 0 Å². The average Bonchev–Trinajstić information content (AvgIpc) is 2.63. The van der Waals surface area contributed by atoms with Crippen molar-refractivity contribution in [2.45, 2.75) is 52.0 Å². The molecule has 0 aliphatic carbocycles. The van der Waals surface area contributed by atoms with E-state index in [1.165, 1.54) is 32.2 Å². The van der Waals surface area contributed by atoms with E-state index in [2.05, 4.69) is 36.3 Å². The zero-order valence-electron chi connectivity index (χ0n) is 18.7. The molecule has 7 heteroatoms. The van der Waals surface area contributed by atoms with E-state index < -0.39 is 9.84 Å². The van der Waals surface area contributed by atoms with Gasteiger partial charge in [0.1, 0.15) is 0 Å². The molecule has 1 aliphatic heterocycles. The maximum absolute atomic E-state index is 11.8. The summed E-state index contributed by atoms with van der Waals surface area (Å²) < 4.78 is 23.6. The molecule has 1 aromatic rings. The third-order valence-corrected chi connectivity index (χ3v) is 6.44. The third kappa shape index (κ3) is 7.97. The van der Waals surface area contributed by atoms with Gasteiger partial charge in [0.05, 0.1) is 11.4 Å². The Hall–Kier alpha value is -1.60. The summed E-state index contributed by atoms with van der Waals surface area (Å²) in [6, 6.07) is 5.44. The van der Waals surface area contributed by atoms with Crippen molar-refractivity contribution in [3.05, 3.63) is 29.3 Å². The highest BCUT2D eigenvalue weighted by molar-refractivity contribution is 7.90. The maximum Gasteiger partial charge on any atom is 0.191 e. The molecule has 2 rings (SSSR count). The van der Waals surface area contributed by atoms with Crippen molar-refractivity contribution in [1.82, 2.24) is 15.5 Å². The molecule has 6 nitrogen and oxygen atoms in total. The third-order valence-electron chi connectivity index (χ3n) is 5.19. The molecule has 1 unspecified atom stereocenters. The Morgan fingerprint density at radius 2 is 2.07 bits per heavy atom. The van der Waals surface area contributed by atoms with Crippen molar-refractivity contribution >= 4 is 15.8 Å². The Kier molecular flexibility index (Phi) is 8.96. The van der Waals surface area contributed by atoms with Gasteiger partial charge in [0.15, 0.2) is 15.8 Å². The maximum atomic E-state index is 11.8. The molecule has 0 amide bonds. The second kappa shape index (κ2) is 11.0. The van der Waals surface area contributed by atoms with E-state index >= 15 is 0 Å². The molecule has 0 radical (unpaired) electrons. The number of aryl methyl sites for hydroxylation is 1. The molecule has 0 spiro atoms. The van der Waals surface area contributed by atoms with Gasteiger partial charge in [-0.25, -0.2) is 13.4 Å². The number of benzene rings is 1. The van der Waals surface area contributed by atoms with Gasteiger partial charge in [-0.2, -0.15) is 0 Å². The molecule has 1 atom stereocenters.